The van der Waals surface area contributed by atoms with E-state index in [1.54, 1.807) is 0 Å². The van der Waals surface area contributed by atoms with Crippen molar-refractivity contribution in [2.45, 2.75) is 37.3 Å². The first-order valence-corrected chi connectivity index (χ1v) is 4.50. The molecule has 0 radical (unpaired) electrons. The molecule has 2 atom stereocenters. The summed E-state index contributed by atoms with van der Waals surface area (Å²) < 4.78 is 4.50. The monoisotopic (exact) mass is 199 g/mol. The van der Waals surface area contributed by atoms with Gasteiger partial charge in [0.05, 0.1) is 13.2 Å². The molecule has 0 spiro atoms. The Kier molecular flexibility index (Phi) is 3.33. The lowest BCUT2D eigenvalue weighted by atomic mass is 9.81. The Labute approximate surface area is 81.5 Å². The van der Waals surface area contributed by atoms with E-state index in [2.05, 4.69) is 14.8 Å². The van der Waals surface area contributed by atoms with E-state index in [-0.39, 0.29) is 0 Å². The Morgan fingerprint density at radius 1 is 1.71 bits per heavy atom. The number of ether oxygens (including phenoxy) is 1. The highest BCUT2D eigenvalue weighted by atomic mass is 16.5. The van der Waals surface area contributed by atoms with Gasteiger partial charge in [-0.3, -0.25) is 0 Å². The molecule has 6 heteroatoms. The summed E-state index contributed by atoms with van der Waals surface area (Å²) in [5.74, 6) is -0.713. The molecule has 0 unspecified atom stereocenters. The summed E-state index contributed by atoms with van der Waals surface area (Å²) in [6, 6.07) is -0.700. The average Bonchev–Trinajstić information content (AvgIpc) is 2.20. The van der Waals surface area contributed by atoms with Gasteiger partial charge >= 0.3 is 5.97 Å². The van der Waals surface area contributed by atoms with E-state index >= 15 is 0 Å². The molecule has 1 saturated carbocycles. The quantitative estimate of drug-likeness (QED) is 0.312. The molecule has 14 heavy (non-hydrogen) atoms. The Hall–Kier alpha value is -1.26. The minimum atomic E-state index is -1.63. The van der Waals surface area contributed by atoms with Crippen LogP contribution in [0.2, 0.25) is 0 Å². The van der Waals surface area contributed by atoms with Gasteiger partial charge in [-0.2, -0.15) is 0 Å². The number of carbonyl (C=O) groups excluding carboxylic acids is 1. The van der Waals surface area contributed by atoms with Gasteiger partial charge < -0.3 is 9.84 Å². The van der Waals surface area contributed by atoms with Gasteiger partial charge in [-0.05, 0) is 24.8 Å². The number of rotatable bonds is 2. The van der Waals surface area contributed by atoms with E-state index in [1.807, 2.05) is 0 Å². The van der Waals surface area contributed by atoms with Crippen LogP contribution in [0.25, 0.3) is 10.4 Å². The summed E-state index contributed by atoms with van der Waals surface area (Å²) in [4.78, 5) is 13.9. The molecular weight excluding hydrogens is 186 g/mol. The maximum absolute atomic E-state index is 11.3. The van der Waals surface area contributed by atoms with Crippen LogP contribution in [-0.4, -0.2) is 29.8 Å². The van der Waals surface area contributed by atoms with Crippen LogP contribution in [0.5, 0.6) is 0 Å². The van der Waals surface area contributed by atoms with E-state index in [0.29, 0.717) is 12.8 Å². The molecule has 0 aromatic carbocycles. The van der Waals surface area contributed by atoms with Crippen molar-refractivity contribution in [3.05, 3.63) is 10.4 Å². The number of hydrogen-bond acceptors (Lipinski definition) is 4. The lowest BCUT2D eigenvalue weighted by Crippen LogP contribution is -2.51. The number of nitrogens with zero attached hydrogens (tertiary/aromatic N) is 3. The van der Waals surface area contributed by atoms with Crippen molar-refractivity contribution in [3.8, 4) is 0 Å². The summed E-state index contributed by atoms with van der Waals surface area (Å²) >= 11 is 0. The van der Waals surface area contributed by atoms with Crippen molar-refractivity contribution in [2.75, 3.05) is 7.11 Å². The number of hydrogen-bond donors (Lipinski definition) is 1. The predicted octanol–water partition coefficient (Wildman–Crippen LogP) is 1.14. The number of methoxy groups -OCH3 is 1. The second-order valence-electron chi connectivity index (χ2n) is 3.38. The molecule has 1 N–H and O–H groups in total. The molecule has 0 aromatic rings. The number of esters is 1. The van der Waals surface area contributed by atoms with Crippen LogP contribution in [0.15, 0.2) is 5.11 Å². The highest BCUT2D eigenvalue weighted by Gasteiger charge is 2.46. The second kappa shape index (κ2) is 4.30. The first kappa shape index (κ1) is 10.8. The standard InChI is InChI=1S/C8H13N3O3/c1-14-7(12)8(13)5-3-2-4-6(8)10-11-9/h6,13H,2-5H2,1H3/t6-,8-/m0/s1. The molecule has 0 heterocycles. The van der Waals surface area contributed by atoms with E-state index in [9.17, 15) is 9.90 Å². The lowest BCUT2D eigenvalue weighted by molar-refractivity contribution is -0.167. The molecule has 6 nitrogen and oxygen atoms in total. The van der Waals surface area contributed by atoms with Gasteiger partial charge in [0.1, 0.15) is 0 Å². The summed E-state index contributed by atoms with van der Waals surface area (Å²) in [6.45, 7) is 0. The van der Waals surface area contributed by atoms with Crippen molar-refractivity contribution < 1.29 is 14.6 Å². The molecule has 1 fully saturated rings. The lowest BCUT2D eigenvalue weighted by Gasteiger charge is -2.34. The zero-order valence-corrected chi connectivity index (χ0v) is 8.01. The van der Waals surface area contributed by atoms with Gasteiger partial charge in [-0.15, -0.1) is 0 Å². The number of carbonyl (C=O) groups is 1. The fraction of sp³-hybridized carbons (Fsp3) is 0.875. The van der Waals surface area contributed by atoms with Gasteiger partial charge in [-0.1, -0.05) is 11.5 Å². The molecule has 1 rings (SSSR count). The zero-order valence-electron chi connectivity index (χ0n) is 8.01. The van der Waals surface area contributed by atoms with Gasteiger partial charge in [0.2, 0.25) is 0 Å². The van der Waals surface area contributed by atoms with Gasteiger partial charge in [0.15, 0.2) is 5.60 Å². The van der Waals surface area contributed by atoms with Crippen molar-refractivity contribution in [3.63, 3.8) is 0 Å². The zero-order chi connectivity index (χ0) is 10.6. The number of azide groups is 1. The average molecular weight is 199 g/mol. The van der Waals surface area contributed by atoms with E-state index < -0.39 is 17.6 Å². The topological polar surface area (TPSA) is 95.3 Å². The summed E-state index contributed by atoms with van der Waals surface area (Å²) in [5.41, 5.74) is 6.67. The first-order valence-electron chi connectivity index (χ1n) is 4.50. The Morgan fingerprint density at radius 3 is 3.00 bits per heavy atom. The fourth-order valence-electron chi connectivity index (χ4n) is 1.77. The van der Waals surface area contributed by atoms with Crippen molar-refractivity contribution in [1.29, 1.82) is 0 Å². The van der Waals surface area contributed by atoms with Crippen molar-refractivity contribution in [1.82, 2.24) is 0 Å². The molecule has 78 valence electrons. The van der Waals surface area contributed by atoms with Crippen LogP contribution < -0.4 is 0 Å². The number of aliphatic hydroxyl groups is 1. The van der Waals surface area contributed by atoms with Crippen LogP contribution in [0.3, 0.4) is 0 Å². The van der Waals surface area contributed by atoms with Crippen LogP contribution in [0, 0.1) is 0 Å². The van der Waals surface area contributed by atoms with E-state index in [1.165, 1.54) is 7.11 Å². The van der Waals surface area contributed by atoms with Gasteiger partial charge in [0, 0.05) is 4.91 Å². The first-order chi connectivity index (χ1) is 6.65. The van der Waals surface area contributed by atoms with E-state index in [4.69, 9.17) is 5.53 Å². The van der Waals surface area contributed by atoms with Crippen LogP contribution >= 0.6 is 0 Å². The maximum atomic E-state index is 11.3. The molecule has 0 bridgehead atoms. The highest BCUT2D eigenvalue weighted by molar-refractivity contribution is 5.80. The summed E-state index contributed by atoms with van der Waals surface area (Å²) in [6.07, 6.45) is 2.41. The normalized spacial score (nSPS) is 31.7. The SMILES string of the molecule is COC(=O)[C@]1(O)CCCC[C@@H]1N=[N+]=[N-]. The third-order valence-electron chi connectivity index (χ3n) is 2.57. The highest BCUT2D eigenvalue weighted by Crippen LogP contribution is 2.31. The molecule has 0 saturated heterocycles. The van der Waals surface area contributed by atoms with E-state index in [0.717, 1.165) is 12.8 Å². The molecule has 0 aliphatic heterocycles. The minimum absolute atomic E-state index is 0.295. The largest absolute Gasteiger partial charge is 0.467 e. The molecule has 1 aliphatic carbocycles. The van der Waals surface area contributed by atoms with Crippen LogP contribution in [0.1, 0.15) is 25.7 Å². The van der Waals surface area contributed by atoms with Gasteiger partial charge in [0.25, 0.3) is 0 Å². The fourth-order valence-corrected chi connectivity index (χ4v) is 1.77. The Balaban J connectivity index is 2.89. The summed E-state index contributed by atoms with van der Waals surface area (Å²) in [5, 5.41) is 13.4. The van der Waals surface area contributed by atoms with Crippen LogP contribution in [0.4, 0.5) is 0 Å². The molecule has 1 aliphatic rings. The molecular formula is C8H13N3O3. The predicted molar refractivity (Wildman–Crippen MR) is 48.4 cm³/mol. The third-order valence-corrected chi connectivity index (χ3v) is 2.57. The molecule has 0 amide bonds. The van der Waals surface area contributed by atoms with Crippen LogP contribution in [-0.2, 0) is 9.53 Å². The molecule has 0 aromatic heterocycles. The third kappa shape index (κ3) is 1.81. The Morgan fingerprint density at radius 2 is 2.43 bits per heavy atom. The van der Waals surface area contributed by atoms with Crippen molar-refractivity contribution >= 4 is 5.97 Å². The summed E-state index contributed by atoms with van der Waals surface area (Å²) in [7, 11) is 1.21. The van der Waals surface area contributed by atoms with Crippen molar-refractivity contribution in [2.24, 2.45) is 5.11 Å². The minimum Gasteiger partial charge on any atom is -0.467 e. The Bertz CT molecular complexity index is 275. The second-order valence-corrected chi connectivity index (χ2v) is 3.38. The van der Waals surface area contributed by atoms with Gasteiger partial charge in [-0.25, -0.2) is 4.79 Å². The maximum Gasteiger partial charge on any atom is 0.338 e. The smallest absolute Gasteiger partial charge is 0.338 e.